The molecule has 1 N–H and O–H groups in total. The van der Waals surface area contributed by atoms with E-state index in [4.69, 9.17) is 9.47 Å². The summed E-state index contributed by atoms with van der Waals surface area (Å²) in [5.74, 6) is 0.138. The summed E-state index contributed by atoms with van der Waals surface area (Å²) in [6.45, 7) is 2.09. The van der Waals surface area contributed by atoms with Crippen LogP contribution in [0.4, 0.5) is 0 Å². The number of likely N-dealkylation sites (tertiary alicyclic amines) is 1. The zero-order chi connectivity index (χ0) is 10.7. The van der Waals surface area contributed by atoms with Gasteiger partial charge in [0.05, 0.1) is 6.10 Å². The van der Waals surface area contributed by atoms with Gasteiger partial charge in [0.2, 0.25) is 5.76 Å². The van der Waals surface area contributed by atoms with Crippen LogP contribution in [0.2, 0.25) is 0 Å². The lowest BCUT2D eigenvalue weighted by atomic mass is 10.1. The van der Waals surface area contributed by atoms with Crippen molar-refractivity contribution in [1.82, 2.24) is 4.90 Å². The second-order valence-corrected chi connectivity index (χ2v) is 3.72. The van der Waals surface area contributed by atoms with Crippen molar-refractivity contribution in [2.75, 3.05) is 26.3 Å². The largest absolute Gasteiger partial charge is 0.494 e. The molecule has 1 amide bonds. The second kappa shape index (κ2) is 4.53. The highest BCUT2D eigenvalue weighted by atomic mass is 16.6. The molecule has 84 valence electrons. The van der Waals surface area contributed by atoms with Gasteiger partial charge in [-0.1, -0.05) is 0 Å². The number of carbonyl (C=O) groups is 1. The van der Waals surface area contributed by atoms with Crippen molar-refractivity contribution in [2.24, 2.45) is 0 Å². The van der Waals surface area contributed by atoms with Crippen molar-refractivity contribution in [3.63, 3.8) is 0 Å². The van der Waals surface area contributed by atoms with Crippen LogP contribution in [-0.2, 0) is 14.3 Å². The second-order valence-electron chi connectivity index (χ2n) is 3.72. The van der Waals surface area contributed by atoms with Crippen molar-refractivity contribution in [3.8, 4) is 0 Å². The van der Waals surface area contributed by atoms with Crippen LogP contribution in [0.25, 0.3) is 0 Å². The third-order valence-electron chi connectivity index (χ3n) is 2.61. The summed E-state index contributed by atoms with van der Waals surface area (Å²) >= 11 is 0. The van der Waals surface area contributed by atoms with Crippen molar-refractivity contribution in [2.45, 2.75) is 18.9 Å². The summed E-state index contributed by atoms with van der Waals surface area (Å²) in [7, 11) is 0. The van der Waals surface area contributed by atoms with Gasteiger partial charge in [0.1, 0.15) is 19.5 Å². The number of nitrogens with zero attached hydrogens (tertiary/aromatic N) is 1. The number of hydrogen-bond acceptors (Lipinski definition) is 4. The number of piperidine rings is 1. The molecule has 0 atom stereocenters. The first-order valence-electron chi connectivity index (χ1n) is 5.19. The average Bonchev–Trinajstić information content (AvgIpc) is 2.30. The molecule has 2 heterocycles. The molecule has 0 saturated carbocycles. The highest BCUT2D eigenvalue weighted by molar-refractivity contribution is 5.91. The molecule has 1 fully saturated rings. The molecule has 0 aromatic rings. The topological polar surface area (TPSA) is 59.0 Å². The van der Waals surface area contributed by atoms with Crippen LogP contribution in [0.3, 0.4) is 0 Å². The Balaban J connectivity index is 1.92. The van der Waals surface area contributed by atoms with Gasteiger partial charge in [-0.3, -0.25) is 4.79 Å². The third-order valence-corrected chi connectivity index (χ3v) is 2.61. The summed E-state index contributed by atoms with van der Waals surface area (Å²) in [6.07, 6.45) is 2.38. The number of hydrogen-bond donors (Lipinski definition) is 1. The molecule has 0 aromatic heterocycles. The maximum Gasteiger partial charge on any atom is 0.292 e. The fourth-order valence-corrected chi connectivity index (χ4v) is 1.71. The quantitative estimate of drug-likeness (QED) is 0.658. The van der Waals surface area contributed by atoms with Crippen LogP contribution in [0.1, 0.15) is 12.8 Å². The zero-order valence-electron chi connectivity index (χ0n) is 8.52. The van der Waals surface area contributed by atoms with Crippen LogP contribution in [0, 0.1) is 0 Å². The predicted octanol–water partition coefficient (Wildman–Crippen LogP) is -0.142. The molecule has 2 aliphatic rings. The molecule has 0 unspecified atom stereocenters. The summed E-state index contributed by atoms with van der Waals surface area (Å²) in [5.41, 5.74) is 0. The van der Waals surface area contributed by atoms with Crippen LogP contribution in [0.5, 0.6) is 0 Å². The number of carbonyl (C=O) groups excluding carboxylic acids is 1. The van der Waals surface area contributed by atoms with E-state index < -0.39 is 0 Å². The van der Waals surface area contributed by atoms with Gasteiger partial charge in [0, 0.05) is 13.1 Å². The summed E-state index contributed by atoms with van der Waals surface area (Å²) < 4.78 is 10.2. The lowest BCUT2D eigenvalue weighted by Crippen LogP contribution is -2.41. The summed E-state index contributed by atoms with van der Waals surface area (Å²) in [6, 6.07) is 0. The minimum atomic E-state index is -0.272. The Kier molecular flexibility index (Phi) is 3.11. The molecule has 15 heavy (non-hydrogen) atoms. The van der Waals surface area contributed by atoms with Crippen LogP contribution in [-0.4, -0.2) is 48.3 Å². The molecule has 2 aliphatic heterocycles. The minimum Gasteiger partial charge on any atom is -0.494 e. The number of rotatable bonds is 1. The normalized spacial score (nSPS) is 22.7. The first-order valence-corrected chi connectivity index (χ1v) is 5.19. The van der Waals surface area contributed by atoms with Crippen molar-refractivity contribution in [3.05, 3.63) is 12.0 Å². The molecule has 5 heteroatoms. The Morgan fingerprint density at radius 2 is 2.13 bits per heavy atom. The fraction of sp³-hybridized carbons (Fsp3) is 0.700. The lowest BCUT2D eigenvalue weighted by Gasteiger charge is -2.30. The molecule has 0 aliphatic carbocycles. The average molecular weight is 213 g/mol. The van der Waals surface area contributed by atoms with Crippen molar-refractivity contribution in [1.29, 1.82) is 0 Å². The molecule has 0 radical (unpaired) electrons. The van der Waals surface area contributed by atoms with Gasteiger partial charge in [-0.15, -0.1) is 0 Å². The number of amides is 1. The van der Waals surface area contributed by atoms with Gasteiger partial charge >= 0.3 is 0 Å². The lowest BCUT2D eigenvalue weighted by molar-refractivity contribution is -0.134. The first kappa shape index (κ1) is 10.3. The molecule has 0 spiro atoms. The standard InChI is InChI=1S/C10H15NO4/c12-8-1-3-11(4-2-8)10(13)9-7-14-5-6-15-9/h7-8,12H,1-6H2. The van der Waals surface area contributed by atoms with Gasteiger partial charge in [0.15, 0.2) is 0 Å². The van der Waals surface area contributed by atoms with Crippen molar-refractivity contribution >= 4 is 5.91 Å². The molecule has 0 aromatic carbocycles. The van der Waals surface area contributed by atoms with Gasteiger partial charge < -0.3 is 19.5 Å². The maximum atomic E-state index is 11.8. The smallest absolute Gasteiger partial charge is 0.292 e. The Labute approximate surface area is 88.3 Å². The van der Waals surface area contributed by atoms with E-state index in [0.29, 0.717) is 39.1 Å². The third kappa shape index (κ3) is 2.41. The predicted molar refractivity (Wildman–Crippen MR) is 51.8 cm³/mol. The Morgan fingerprint density at radius 1 is 1.40 bits per heavy atom. The first-order chi connectivity index (χ1) is 7.27. The van der Waals surface area contributed by atoms with Crippen LogP contribution >= 0.6 is 0 Å². The van der Waals surface area contributed by atoms with Crippen molar-refractivity contribution < 1.29 is 19.4 Å². The molecule has 5 nitrogen and oxygen atoms in total. The van der Waals surface area contributed by atoms with E-state index in [1.807, 2.05) is 0 Å². The molecule has 0 bridgehead atoms. The number of ether oxygens (including phenoxy) is 2. The van der Waals surface area contributed by atoms with Crippen LogP contribution < -0.4 is 0 Å². The minimum absolute atomic E-state index is 0.137. The van der Waals surface area contributed by atoms with Gasteiger partial charge in [-0.2, -0.15) is 0 Å². The highest BCUT2D eigenvalue weighted by Gasteiger charge is 2.25. The zero-order valence-corrected chi connectivity index (χ0v) is 8.52. The monoisotopic (exact) mass is 213 g/mol. The van der Waals surface area contributed by atoms with E-state index in [-0.39, 0.29) is 17.8 Å². The molecular weight excluding hydrogens is 198 g/mol. The maximum absolute atomic E-state index is 11.8. The summed E-state index contributed by atoms with van der Waals surface area (Å²) in [5, 5.41) is 9.31. The van der Waals surface area contributed by atoms with Gasteiger partial charge in [-0.05, 0) is 12.8 Å². The number of aliphatic hydroxyl groups excluding tert-OH is 1. The summed E-state index contributed by atoms with van der Waals surface area (Å²) in [4.78, 5) is 13.5. The molecule has 1 saturated heterocycles. The molecular formula is C10H15NO4. The van der Waals surface area contributed by atoms with Gasteiger partial charge in [0.25, 0.3) is 5.91 Å². The van der Waals surface area contributed by atoms with E-state index in [0.717, 1.165) is 0 Å². The Morgan fingerprint density at radius 3 is 2.73 bits per heavy atom. The van der Waals surface area contributed by atoms with E-state index in [1.54, 1.807) is 4.90 Å². The van der Waals surface area contributed by atoms with E-state index in [9.17, 15) is 9.90 Å². The Bertz CT molecular complexity index is 269. The highest BCUT2D eigenvalue weighted by Crippen LogP contribution is 2.14. The Hall–Kier alpha value is -1.23. The van der Waals surface area contributed by atoms with Crippen LogP contribution in [0.15, 0.2) is 12.0 Å². The van der Waals surface area contributed by atoms with E-state index >= 15 is 0 Å². The molecule has 2 rings (SSSR count). The number of aliphatic hydroxyl groups is 1. The van der Waals surface area contributed by atoms with Gasteiger partial charge in [-0.25, -0.2) is 0 Å². The SMILES string of the molecule is O=C(C1=COCCO1)N1CCC(O)CC1. The van der Waals surface area contributed by atoms with E-state index in [2.05, 4.69) is 0 Å². The fourth-order valence-electron chi connectivity index (χ4n) is 1.71. The van der Waals surface area contributed by atoms with E-state index in [1.165, 1.54) is 6.26 Å².